The molecule has 2 rings (SSSR count). The Morgan fingerprint density at radius 2 is 1.97 bits per heavy atom. The summed E-state index contributed by atoms with van der Waals surface area (Å²) in [6.07, 6.45) is 2.14. The monoisotopic (exact) mass is 498 g/mol. The zero-order valence-corrected chi connectivity index (χ0v) is 21.9. The van der Waals surface area contributed by atoms with Gasteiger partial charge in [-0.3, -0.25) is 4.79 Å². The molecule has 0 radical (unpaired) electrons. The van der Waals surface area contributed by atoms with E-state index in [-0.39, 0.29) is 24.1 Å². The van der Waals surface area contributed by atoms with Crippen LogP contribution in [-0.2, 0) is 9.47 Å². The highest BCUT2D eigenvalue weighted by molar-refractivity contribution is 6.33. The normalized spacial score (nSPS) is 18.9. The van der Waals surface area contributed by atoms with Crippen molar-refractivity contribution in [2.75, 3.05) is 53.2 Å². The van der Waals surface area contributed by atoms with Crippen LogP contribution in [0.2, 0.25) is 5.02 Å². The standard InChI is InChI=1S/C24H39ClN4O5/c1-24(2,3)34-23(31)28(4)10-7-8-11-29-12-9-19(21(15-29)33-6)27-22(30)16-13-17(25)18(26)14-20(16)32-5/h13-14,19,21H,7-12,15,26H2,1-6H3,(H,27,30)/t19-,21+/m1/s1. The van der Waals surface area contributed by atoms with Gasteiger partial charge < -0.3 is 35.1 Å². The highest BCUT2D eigenvalue weighted by Gasteiger charge is 2.31. The van der Waals surface area contributed by atoms with E-state index in [1.807, 2.05) is 20.8 Å². The summed E-state index contributed by atoms with van der Waals surface area (Å²) in [5, 5.41) is 3.37. The van der Waals surface area contributed by atoms with Crippen molar-refractivity contribution < 1.29 is 23.8 Å². The first-order chi connectivity index (χ1) is 15.9. The number of piperidine rings is 1. The summed E-state index contributed by atoms with van der Waals surface area (Å²) in [7, 11) is 4.90. The highest BCUT2D eigenvalue weighted by atomic mass is 35.5. The summed E-state index contributed by atoms with van der Waals surface area (Å²) in [5.74, 6) is 0.103. The van der Waals surface area contributed by atoms with Crippen molar-refractivity contribution in [2.45, 2.75) is 57.8 Å². The molecule has 1 saturated heterocycles. The number of nitrogens with two attached hydrogens (primary N) is 1. The number of ether oxygens (including phenoxy) is 3. The number of unbranched alkanes of at least 4 members (excludes halogenated alkanes) is 1. The fourth-order valence-electron chi connectivity index (χ4n) is 3.86. The number of methoxy groups -OCH3 is 2. The second-order valence-electron chi connectivity index (χ2n) is 9.63. The molecule has 2 amide bonds. The van der Waals surface area contributed by atoms with Gasteiger partial charge in [0, 0.05) is 39.9 Å². The minimum atomic E-state index is -0.495. The molecule has 9 nitrogen and oxygen atoms in total. The molecule has 1 fully saturated rings. The van der Waals surface area contributed by atoms with Gasteiger partial charge in [-0.25, -0.2) is 4.79 Å². The van der Waals surface area contributed by atoms with E-state index in [2.05, 4.69) is 10.2 Å². The molecule has 10 heteroatoms. The Hall–Kier alpha value is -2.23. The van der Waals surface area contributed by atoms with E-state index in [9.17, 15) is 9.59 Å². The summed E-state index contributed by atoms with van der Waals surface area (Å²) in [5.41, 5.74) is 6.02. The van der Waals surface area contributed by atoms with E-state index in [0.717, 1.165) is 32.4 Å². The summed E-state index contributed by atoms with van der Waals surface area (Å²) >= 11 is 6.11. The van der Waals surface area contributed by atoms with Gasteiger partial charge in [-0.05, 0) is 52.6 Å². The van der Waals surface area contributed by atoms with Crippen molar-refractivity contribution >= 4 is 29.3 Å². The van der Waals surface area contributed by atoms with Crippen LogP contribution in [-0.4, -0.2) is 87.0 Å². The van der Waals surface area contributed by atoms with E-state index in [1.54, 1.807) is 25.1 Å². The lowest BCUT2D eigenvalue weighted by molar-refractivity contribution is 0.00559. The van der Waals surface area contributed by atoms with Crippen molar-refractivity contribution in [3.05, 3.63) is 22.7 Å². The molecular formula is C24H39ClN4O5. The number of nitrogens with one attached hydrogen (secondary N) is 1. The van der Waals surface area contributed by atoms with Gasteiger partial charge in [0.25, 0.3) is 5.91 Å². The largest absolute Gasteiger partial charge is 0.496 e. The zero-order chi connectivity index (χ0) is 25.5. The maximum absolute atomic E-state index is 12.9. The highest BCUT2D eigenvalue weighted by Crippen LogP contribution is 2.29. The van der Waals surface area contributed by atoms with E-state index in [0.29, 0.717) is 35.1 Å². The molecular weight excluding hydrogens is 460 g/mol. The zero-order valence-electron chi connectivity index (χ0n) is 21.2. The first-order valence-corrected chi connectivity index (χ1v) is 12.0. The van der Waals surface area contributed by atoms with E-state index in [1.165, 1.54) is 13.2 Å². The Morgan fingerprint density at radius 3 is 2.59 bits per heavy atom. The van der Waals surface area contributed by atoms with Gasteiger partial charge in [-0.2, -0.15) is 0 Å². The number of anilines is 1. The number of halogens is 1. The van der Waals surface area contributed by atoms with Crippen LogP contribution in [0.15, 0.2) is 12.1 Å². The molecule has 1 aromatic rings. The van der Waals surface area contributed by atoms with Crippen LogP contribution in [0.1, 0.15) is 50.4 Å². The van der Waals surface area contributed by atoms with Crippen molar-refractivity contribution in [2.24, 2.45) is 0 Å². The number of benzene rings is 1. The van der Waals surface area contributed by atoms with Crippen LogP contribution in [0.5, 0.6) is 5.75 Å². The molecule has 1 aromatic carbocycles. The Labute approximate surface area is 207 Å². The van der Waals surface area contributed by atoms with Gasteiger partial charge in [-0.15, -0.1) is 0 Å². The molecule has 1 aliphatic heterocycles. The maximum atomic E-state index is 12.9. The number of hydrogen-bond acceptors (Lipinski definition) is 7. The average Bonchev–Trinajstić information content (AvgIpc) is 2.77. The molecule has 0 bridgehead atoms. The van der Waals surface area contributed by atoms with Gasteiger partial charge in [-0.1, -0.05) is 11.6 Å². The third kappa shape index (κ3) is 8.21. The van der Waals surface area contributed by atoms with Crippen molar-refractivity contribution in [1.82, 2.24) is 15.1 Å². The third-order valence-corrected chi connectivity index (χ3v) is 6.08. The number of nitrogens with zero attached hydrogens (tertiary/aromatic N) is 2. The summed E-state index contributed by atoms with van der Waals surface area (Å²) in [6.45, 7) is 8.66. The van der Waals surface area contributed by atoms with Crippen LogP contribution >= 0.6 is 11.6 Å². The number of nitrogen functional groups attached to an aromatic ring is 1. The molecule has 0 aromatic heterocycles. The summed E-state index contributed by atoms with van der Waals surface area (Å²) in [6, 6.07) is 2.94. The molecule has 3 N–H and O–H groups in total. The van der Waals surface area contributed by atoms with Gasteiger partial charge in [0.05, 0.1) is 35.5 Å². The predicted octanol–water partition coefficient (Wildman–Crippen LogP) is 3.40. The Bertz CT molecular complexity index is 845. The molecule has 1 aliphatic rings. The molecule has 192 valence electrons. The number of likely N-dealkylation sites (tertiary alicyclic amines) is 1. The van der Waals surface area contributed by atoms with Gasteiger partial charge in [0.15, 0.2) is 0 Å². The lowest BCUT2D eigenvalue weighted by Gasteiger charge is -2.38. The molecule has 34 heavy (non-hydrogen) atoms. The predicted molar refractivity (Wildman–Crippen MR) is 134 cm³/mol. The average molecular weight is 499 g/mol. The van der Waals surface area contributed by atoms with Crippen molar-refractivity contribution in [3.8, 4) is 5.75 Å². The van der Waals surface area contributed by atoms with E-state index < -0.39 is 5.60 Å². The summed E-state index contributed by atoms with van der Waals surface area (Å²) in [4.78, 5) is 28.9. The Balaban J connectivity index is 1.82. The lowest BCUT2D eigenvalue weighted by Crippen LogP contribution is -2.55. The van der Waals surface area contributed by atoms with Crippen LogP contribution in [0.3, 0.4) is 0 Å². The molecule has 1 heterocycles. The van der Waals surface area contributed by atoms with E-state index in [4.69, 9.17) is 31.5 Å². The third-order valence-electron chi connectivity index (χ3n) is 5.75. The molecule has 0 unspecified atom stereocenters. The minimum absolute atomic E-state index is 0.131. The first kappa shape index (κ1) is 28.0. The number of carbonyl (C=O) groups excluding carboxylic acids is 2. The first-order valence-electron chi connectivity index (χ1n) is 11.6. The summed E-state index contributed by atoms with van der Waals surface area (Å²) < 4.78 is 16.4. The maximum Gasteiger partial charge on any atom is 0.410 e. The minimum Gasteiger partial charge on any atom is -0.496 e. The lowest BCUT2D eigenvalue weighted by atomic mass is 10.0. The van der Waals surface area contributed by atoms with Gasteiger partial charge in [0.1, 0.15) is 11.4 Å². The molecule has 0 aliphatic carbocycles. The van der Waals surface area contributed by atoms with Crippen LogP contribution < -0.4 is 15.8 Å². The number of amides is 2. The topological polar surface area (TPSA) is 106 Å². The second kappa shape index (κ2) is 12.5. The van der Waals surface area contributed by atoms with Crippen molar-refractivity contribution in [1.29, 1.82) is 0 Å². The van der Waals surface area contributed by atoms with E-state index >= 15 is 0 Å². The van der Waals surface area contributed by atoms with Gasteiger partial charge >= 0.3 is 6.09 Å². The fraction of sp³-hybridized carbons (Fsp3) is 0.667. The molecule has 0 saturated carbocycles. The second-order valence-corrected chi connectivity index (χ2v) is 10.0. The van der Waals surface area contributed by atoms with Crippen LogP contribution in [0.4, 0.5) is 10.5 Å². The molecule has 2 atom stereocenters. The fourth-order valence-corrected chi connectivity index (χ4v) is 4.03. The quantitative estimate of drug-likeness (QED) is 0.397. The smallest absolute Gasteiger partial charge is 0.410 e. The Kier molecular flexibility index (Phi) is 10.3. The number of carbonyl (C=O) groups is 2. The van der Waals surface area contributed by atoms with Crippen LogP contribution in [0, 0.1) is 0 Å². The Morgan fingerprint density at radius 1 is 1.26 bits per heavy atom. The van der Waals surface area contributed by atoms with Crippen LogP contribution in [0.25, 0.3) is 0 Å². The van der Waals surface area contributed by atoms with Gasteiger partial charge in [0.2, 0.25) is 0 Å². The number of hydrogen-bond donors (Lipinski definition) is 2. The number of rotatable bonds is 9. The SMILES string of the molecule is COc1cc(N)c(Cl)cc1C(=O)N[C@@H]1CCN(CCCCN(C)C(=O)OC(C)(C)C)C[C@@H]1OC. The molecule has 0 spiro atoms. The van der Waals surface area contributed by atoms with Crippen molar-refractivity contribution in [3.63, 3.8) is 0 Å².